The molecule has 2 unspecified atom stereocenters. The molecule has 0 aliphatic carbocycles. The number of likely N-dealkylation sites (tertiary alicyclic amines) is 1. The predicted octanol–water partition coefficient (Wildman–Crippen LogP) is 2.99. The molecule has 1 aliphatic heterocycles. The Balaban J connectivity index is 1.62. The van der Waals surface area contributed by atoms with Crippen molar-refractivity contribution >= 4 is 11.9 Å². The largest absolute Gasteiger partial charge is 0.334 e. The van der Waals surface area contributed by atoms with E-state index in [1.54, 1.807) is 0 Å². The molecule has 0 saturated carbocycles. The van der Waals surface area contributed by atoms with Gasteiger partial charge in [-0.05, 0) is 17.5 Å². The zero-order valence-electron chi connectivity index (χ0n) is 13.1. The highest BCUT2D eigenvalue weighted by atomic mass is 16.2. The molecule has 23 heavy (non-hydrogen) atoms. The first-order valence-corrected chi connectivity index (χ1v) is 7.85. The van der Waals surface area contributed by atoms with Gasteiger partial charge in [0.2, 0.25) is 5.91 Å². The van der Waals surface area contributed by atoms with Gasteiger partial charge in [-0.3, -0.25) is 9.69 Å². The molecule has 1 fully saturated rings. The van der Waals surface area contributed by atoms with Crippen LogP contribution < -0.4 is 5.32 Å². The van der Waals surface area contributed by atoms with Gasteiger partial charge >= 0.3 is 6.03 Å². The van der Waals surface area contributed by atoms with Crippen molar-refractivity contribution in [1.82, 2.24) is 10.2 Å². The SMILES string of the molecule is CC1C(=O)N(C(=O)NCc2ccccc2)C1Cc1ccccc1. The third kappa shape index (κ3) is 3.26. The molecule has 0 aromatic heterocycles. The molecule has 118 valence electrons. The maximum absolute atomic E-state index is 12.3. The van der Waals surface area contributed by atoms with E-state index >= 15 is 0 Å². The van der Waals surface area contributed by atoms with Gasteiger partial charge in [-0.2, -0.15) is 0 Å². The van der Waals surface area contributed by atoms with Crippen LogP contribution in [-0.4, -0.2) is 22.9 Å². The van der Waals surface area contributed by atoms with Gasteiger partial charge in [-0.25, -0.2) is 4.79 Å². The molecule has 0 bridgehead atoms. The minimum absolute atomic E-state index is 0.0688. The second kappa shape index (κ2) is 6.65. The van der Waals surface area contributed by atoms with Crippen LogP contribution in [0.3, 0.4) is 0 Å². The fourth-order valence-corrected chi connectivity index (χ4v) is 2.92. The van der Waals surface area contributed by atoms with Gasteiger partial charge in [0.05, 0.1) is 12.0 Å². The Morgan fingerprint density at radius 1 is 1.00 bits per heavy atom. The normalized spacial score (nSPS) is 20.0. The van der Waals surface area contributed by atoms with E-state index in [1.165, 1.54) is 4.90 Å². The van der Waals surface area contributed by atoms with E-state index in [4.69, 9.17) is 0 Å². The molecule has 2 aromatic carbocycles. The van der Waals surface area contributed by atoms with Crippen LogP contribution in [-0.2, 0) is 17.8 Å². The van der Waals surface area contributed by atoms with Crippen molar-refractivity contribution in [2.45, 2.75) is 25.9 Å². The van der Waals surface area contributed by atoms with E-state index < -0.39 is 0 Å². The average molecular weight is 308 g/mol. The Morgan fingerprint density at radius 3 is 2.17 bits per heavy atom. The predicted molar refractivity (Wildman–Crippen MR) is 88.6 cm³/mol. The number of carbonyl (C=O) groups is 2. The summed E-state index contributed by atoms with van der Waals surface area (Å²) in [6.45, 7) is 2.31. The number of hydrogen-bond donors (Lipinski definition) is 1. The monoisotopic (exact) mass is 308 g/mol. The quantitative estimate of drug-likeness (QED) is 0.883. The number of rotatable bonds is 4. The maximum atomic E-state index is 12.3. The Kier molecular flexibility index (Phi) is 4.42. The molecule has 1 aliphatic rings. The smallest absolute Gasteiger partial charge is 0.324 e. The standard InChI is InChI=1S/C19H20N2O2/c1-14-17(12-15-8-4-2-5-9-15)21(18(14)22)19(23)20-13-16-10-6-3-7-11-16/h2-11,14,17H,12-13H2,1H3,(H,20,23). The summed E-state index contributed by atoms with van der Waals surface area (Å²) in [5, 5.41) is 2.83. The van der Waals surface area contributed by atoms with Crippen molar-refractivity contribution in [2.24, 2.45) is 5.92 Å². The van der Waals surface area contributed by atoms with Crippen LogP contribution in [0.15, 0.2) is 60.7 Å². The molecule has 1 saturated heterocycles. The number of amides is 3. The number of nitrogens with one attached hydrogen (secondary N) is 1. The Bertz CT molecular complexity index is 685. The van der Waals surface area contributed by atoms with Crippen LogP contribution in [0.2, 0.25) is 0 Å². The number of carbonyl (C=O) groups excluding carboxylic acids is 2. The fraction of sp³-hybridized carbons (Fsp3) is 0.263. The van der Waals surface area contributed by atoms with Gasteiger partial charge < -0.3 is 5.32 Å². The summed E-state index contributed by atoms with van der Waals surface area (Å²) in [5.74, 6) is -0.214. The fourth-order valence-electron chi connectivity index (χ4n) is 2.92. The lowest BCUT2D eigenvalue weighted by atomic mass is 9.85. The highest BCUT2D eigenvalue weighted by Gasteiger charge is 2.47. The molecule has 0 radical (unpaired) electrons. The summed E-state index contributed by atoms with van der Waals surface area (Å²) >= 11 is 0. The van der Waals surface area contributed by atoms with Crippen LogP contribution in [0.5, 0.6) is 0 Å². The number of urea groups is 1. The van der Waals surface area contributed by atoms with E-state index in [2.05, 4.69) is 5.32 Å². The van der Waals surface area contributed by atoms with Crippen molar-refractivity contribution in [3.8, 4) is 0 Å². The minimum atomic E-state index is -0.308. The van der Waals surface area contributed by atoms with Gasteiger partial charge in [0, 0.05) is 6.54 Å². The van der Waals surface area contributed by atoms with Gasteiger partial charge in [-0.15, -0.1) is 0 Å². The van der Waals surface area contributed by atoms with Gasteiger partial charge in [0.1, 0.15) is 0 Å². The second-order valence-electron chi connectivity index (χ2n) is 5.90. The summed E-state index contributed by atoms with van der Waals surface area (Å²) in [5.41, 5.74) is 2.15. The number of β-lactam (4-membered cyclic amide) rings is 1. The van der Waals surface area contributed by atoms with Gasteiger partial charge in [-0.1, -0.05) is 67.6 Å². The molecule has 4 nitrogen and oxygen atoms in total. The Labute approximate surface area is 136 Å². The molecule has 2 aromatic rings. The van der Waals surface area contributed by atoms with Crippen molar-refractivity contribution < 1.29 is 9.59 Å². The molecular formula is C19H20N2O2. The van der Waals surface area contributed by atoms with Crippen molar-refractivity contribution in [3.63, 3.8) is 0 Å². The van der Waals surface area contributed by atoms with E-state index in [-0.39, 0.29) is 23.9 Å². The summed E-state index contributed by atoms with van der Waals surface area (Å²) in [6.07, 6.45) is 0.701. The molecule has 3 amide bonds. The highest BCUT2D eigenvalue weighted by molar-refractivity contribution is 6.01. The summed E-state index contributed by atoms with van der Waals surface area (Å²) in [4.78, 5) is 25.8. The van der Waals surface area contributed by atoms with E-state index in [9.17, 15) is 9.59 Å². The van der Waals surface area contributed by atoms with Crippen LogP contribution in [0.25, 0.3) is 0 Å². The highest BCUT2D eigenvalue weighted by Crippen LogP contribution is 2.29. The van der Waals surface area contributed by atoms with Crippen LogP contribution in [0, 0.1) is 5.92 Å². The van der Waals surface area contributed by atoms with Crippen LogP contribution in [0.1, 0.15) is 18.1 Å². The first-order valence-electron chi connectivity index (χ1n) is 7.85. The Morgan fingerprint density at radius 2 is 1.57 bits per heavy atom. The average Bonchev–Trinajstić information content (AvgIpc) is 2.61. The lowest BCUT2D eigenvalue weighted by molar-refractivity contribution is -0.148. The molecule has 0 spiro atoms. The number of benzene rings is 2. The van der Waals surface area contributed by atoms with E-state index in [1.807, 2.05) is 67.6 Å². The van der Waals surface area contributed by atoms with Crippen LogP contribution in [0.4, 0.5) is 4.79 Å². The first kappa shape index (κ1) is 15.3. The van der Waals surface area contributed by atoms with Crippen molar-refractivity contribution in [3.05, 3.63) is 71.8 Å². The zero-order valence-corrected chi connectivity index (χ0v) is 13.1. The minimum Gasteiger partial charge on any atom is -0.334 e. The van der Waals surface area contributed by atoms with Crippen molar-refractivity contribution in [1.29, 1.82) is 0 Å². The maximum Gasteiger partial charge on any atom is 0.324 e. The van der Waals surface area contributed by atoms with Crippen LogP contribution >= 0.6 is 0 Å². The molecule has 3 rings (SSSR count). The first-order chi connectivity index (χ1) is 11.2. The lowest BCUT2D eigenvalue weighted by Gasteiger charge is -2.44. The van der Waals surface area contributed by atoms with Gasteiger partial charge in [0.15, 0.2) is 0 Å². The zero-order chi connectivity index (χ0) is 16.2. The molecule has 4 heteroatoms. The summed E-state index contributed by atoms with van der Waals surface area (Å²) < 4.78 is 0. The third-order valence-corrected chi connectivity index (χ3v) is 4.33. The molecule has 1 heterocycles. The molecule has 1 N–H and O–H groups in total. The Hall–Kier alpha value is -2.62. The number of nitrogens with zero attached hydrogens (tertiary/aromatic N) is 1. The van der Waals surface area contributed by atoms with Gasteiger partial charge in [0.25, 0.3) is 0 Å². The lowest BCUT2D eigenvalue weighted by Crippen LogP contribution is -2.65. The molecule has 2 atom stereocenters. The summed E-state index contributed by atoms with van der Waals surface area (Å²) in [7, 11) is 0. The second-order valence-corrected chi connectivity index (χ2v) is 5.90. The topological polar surface area (TPSA) is 49.4 Å². The number of hydrogen-bond acceptors (Lipinski definition) is 2. The summed E-state index contributed by atoms with van der Waals surface area (Å²) in [6, 6.07) is 19.3. The number of imide groups is 1. The van der Waals surface area contributed by atoms with Crippen molar-refractivity contribution in [2.75, 3.05) is 0 Å². The van der Waals surface area contributed by atoms with E-state index in [0.29, 0.717) is 13.0 Å². The third-order valence-electron chi connectivity index (χ3n) is 4.33. The van der Waals surface area contributed by atoms with E-state index in [0.717, 1.165) is 11.1 Å². The molecular weight excluding hydrogens is 288 g/mol.